The number of anilines is 1. The number of aliphatic hydroxyl groups excluding tert-OH is 1. The number of rotatable bonds is 2. The van der Waals surface area contributed by atoms with E-state index in [1.165, 1.54) is 6.20 Å². The van der Waals surface area contributed by atoms with Gasteiger partial charge in [0.1, 0.15) is 11.9 Å². The second-order valence-corrected chi connectivity index (χ2v) is 9.70. The van der Waals surface area contributed by atoms with Crippen LogP contribution in [-0.2, 0) is 19.1 Å². The molecule has 32 heavy (non-hydrogen) atoms. The molecule has 2 fully saturated rings. The number of carbonyl (C=O) groups is 3. The van der Waals surface area contributed by atoms with Crippen molar-refractivity contribution in [3.8, 4) is 0 Å². The minimum absolute atomic E-state index is 0.155. The van der Waals surface area contributed by atoms with Crippen LogP contribution in [0, 0.1) is 16.7 Å². The van der Waals surface area contributed by atoms with Crippen molar-refractivity contribution in [2.75, 3.05) is 5.32 Å². The molecule has 4 aliphatic rings. The van der Waals surface area contributed by atoms with E-state index in [9.17, 15) is 19.5 Å². The number of fused-ring (bicyclic) bond motifs is 4. The third-order valence-corrected chi connectivity index (χ3v) is 8.22. The van der Waals surface area contributed by atoms with E-state index in [1.807, 2.05) is 44.2 Å². The second kappa shape index (κ2) is 6.92. The van der Waals surface area contributed by atoms with Gasteiger partial charge < -0.3 is 15.2 Å². The van der Waals surface area contributed by atoms with Gasteiger partial charge >= 0.3 is 5.97 Å². The molecular formula is C26H27NO5. The third-order valence-electron chi connectivity index (χ3n) is 8.22. The molecule has 166 valence electrons. The van der Waals surface area contributed by atoms with Gasteiger partial charge in [0.25, 0.3) is 0 Å². The molecule has 1 saturated heterocycles. The molecule has 6 heteroatoms. The van der Waals surface area contributed by atoms with Crippen LogP contribution in [0.4, 0.5) is 5.69 Å². The Labute approximate surface area is 187 Å². The first-order valence-corrected chi connectivity index (χ1v) is 11.2. The number of cyclic esters (lactones) is 1. The lowest BCUT2D eigenvalue weighted by molar-refractivity contribution is -0.150. The van der Waals surface area contributed by atoms with Crippen LogP contribution in [0.2, 0.25) is 0 Å². The number of carbonyl (C=O) groups excluding carboxylic acids is 3. The zero-order valence-corrected chi connectivity index (χ0v) is 18.5. The maximum atomic E-state index is 13.5. The molecule has 0 spiro atoms. The molecule has 1 aliphatic heterocycles. The molecule has 3 unspecified atom stereocenters. The fourth-order valence-electron chi connectivity index (χ4n) is 6.17. The van der Waals surface area contributed by atoms with Crippen LogP contribution in [0.25, 0.3) is 0 Å². The minimum atomic E-state index is -0.835. The predicted molar refractivity (Wildman–Crippen MR) is 119 cm³/mol. The number of para-hydroxylation sites is 1. The van der Waals surface area contributed by atoms with E-state index >= 15 is 0 Å². The number of nitrogens with one attached hydrogen (secondary N) is 1. The maximum Gasteiger partial charge on any atom is 0.340 e. The standard InChI is InChI=1S/C26H27NO5/c1-14-26(3)18-11-12-25(2)17(9-10-19(25)28)20(18)22(29)23(30)21(26)16(24(31)32-14)13-27-15-7-5-4-6-8-15/h4-8,13-14,17,27,30H,9-12H2,1-3H3/b16-13+/t14-,17?,25?,26?/m1/s1. The van der Waals surface area contributed by atoms with E-state index in [-0.39, 0.29) is 17.3 Å². The van der Waals surface area contributed by atoms with Gasteiger partial charge in [-0.3, -0.25) is 9.59 Å². The predicted octanol–water partition coefficient (Wildman–Crippen LogP) is 4.40. The number of esters is 1. The average Bonchev–Trinajstić information content (AvgIpc) is 3.08. The first-order chi connectivity index (χ1) is 15.2. The van der Waals surface area contributed by atoms with Crippen molar-refractivity contribution < 1.29 is 24.2 Å². The Hall–Kier alpha value is -3.15. The molecule has 1 heterocycles. The Morgan fingerprint density at radius 2 is 1.84 bits per heavy atom. The lowest BCUT2D eigenvalue weighted by atomic mass is 9.54. The number of ketones is 2. The van der Waals surface area contributed by atoms with Crippen LogP contribution in [0.1, 0.15) is 46.5 Å². The van der Waals surface area contributed by atoms with Gasteiger partial charge in [-0.25, -0.2) is 4.79 Å². The van der Waals surface area contributed by atoms with E-state index in [1.54, 1.807) is 6.92 Å². The number of allylic oxidation sites excluding steroid dienone is 1. The molecule has 5 rings (SSSR count). The summed E-state index contributed by atoms with van der Waals surface area (Å²) in [5, 5.41) is 14.3. The molecule has 1 aromatic rings. The van der Waals surface area contributed by atoms with Gasteiger partial charge in [-0.15, -0.1) is 0 Å². The van der Waals surface area contributed by atoms with Crippen molar-refractivity contribution in [2.45, 2.75) is 52.6 Å². The fourth-order valence-corrected chi connectivity index (χ4v) is 6.17. The zero-order chi connectivity index (χ0) is 22.8. The first-order valence-electron chi connectivity index (χ1n) is 11.2. The average molecular weight is 434 g/mol. The summed E-state index contributed by atoms with van der Waals surface area (Å²) in [5.41, 5.74) is 1.31. The molecule has 0 amide bonds. The molecule has 0 radical (unpaired) electrons. The summed E-state index contributed by atoms with van der Waals surface area (Å²) < 4.78 is 5.75. The van der Waals surface area contributed by atoms with Crippen LogP contribution >= 0.6 is 0 Å². The van der Waals surface area contributed by atoms with Crippen molar-refractivity contribution in [1.82, 2.24) is 0 Å². The Balaban J connectivity index is 1.65. The summed E-state index contributed by atoms with van der Waals surface area (Å²) in [6.45, 7) is 5.69. The number of hydrogen-bond acceptors (Lipinski definition) is 6. The van der Waals surface area contributed by atoms with Gasteiger partial charge in [0.05, 0.1) is 11.0 Å². The van der Waals surface area contributed by atoms with E-state index in [0.29, 0.717) is 36.8 Å². The minimum Gasteiger partial charge on any atom is -0.504 e. The Kier molecular flexibility index (Phi) is 4.49. The smallest absolute Gasteiger partial charge is 0.340 e. The van der Waals surface area contributed by atoms with E-state index < -0.39 is 34.4 Å². The number of benzene rings is 1. The molecule has 3 aliphatic carbocycles. The molecular weight excluding hydrogens is 406 g/mol. The van der Waals surface area contributed by atoms with Crippen molar-refractivity contribution in [2.24, 2.45) is 16.7 Å². The van der Waals surface area contributed by atoms with Crippen LogP contribution in [-0.4, -0.2) is 28.7 Å². The summed E-state index contributed by atoms with van der Waals surface area (Å²) in [7, 11) is 0. The second-order valence-electron chi connectivity index (χ2n) is 9.70. The molecule has 0 bridgehead atoms. The van der Waals surface area contributed by atoms with Gasteiger partial charge in [-0.05, 0) is 50.8 Å². The summed E-state index contributed by atoms with van der Waals surface area (Å²) in [6, 6.07) is 9.33. The van der Waals surface area contributed by atoms with Crippen LogP contribution < -0.4 is 5.32 Å². The first kappa shape index (κ1) is 20.7. The topological polar surface area (TPSA) is 92.7 Å². The lowest BCUT2D eigenvalue weighted by Gasteiger charge is -2.50. The largest absolute Gasteiger partial charge is 0.504 e. The summed E-state index contributed by atoms with van der Waals surface area (Å²) in [6.07, 6.45) is 3.25. The highest BCUT2D eigenvalue weighted by Gasteiger charge is 2.60. The Morgan fingerprint density at radius 3 is 2.56 bits per heavy atom. The van der Waals surface area contributed by atoms with Crippen molar-refractivity contribution in [3.05, 3.63) is 64.6 Å². The van der Waals surface area contributed by atoms with Gasteiger partial charge in [0.2, 0.25) is 5.78 Å². The zero-order valence-electron chi connectivity index (χ0n) is 18.5. The number of hydrogen-bond donors (Lipinski definition) is 2. The number of ether oxygens (including phenoxy) is 1. The van der Waals surface area contributed by atoms with Crippen molar-refractivity contribution in [1.29, 1.82) is 0 Å². The SMILES string of the molecule is C[C@H]1OC(=O)/C(=C/Nc2ccccc2)C2=C(O)C(=O)C3=C(CCC4(C)C(=O)CCC34)C21C. The van der Waals surface area contributed by atoms with E-state index in [4.69, 9.17) is 4.74 Å². The van der Waals surface area contributed by atoms with Gasteiger partial charge in [-0.1, -0.05) is 25.1 Å². The van der Waals surface area contributed by atoms with Crippen LogP contribution in [0.3, 0.4) is 0 Å². The van der Waals surface area contributed by atoms with Gasteiger partial charge in [-0.2, -0.15) is 0 Å². The highest BCUT2D eigenvalue weighted by atomic mass is 16.5. The normalized spacial score (nSPS) is 35.5. The highest BCUT2D eigenvalue weighted by Crippen LogP contribution is 2.61. The maximum absolute atomic E-state index is 13.5. The van der Waals surface area contributed by atoms with E-state index in [0.717, 1.165) is 11.3 Å². The Morgan fingerprint density at radius 1 is 1.12 bits per heavy atom. The Bertz CT molecular complexity index is 1140. The summed E-state index contributed by atoms with van der Waals surface area (Å²) >= 11 is 0. The number of aliphatic hydroxyl groups is 1. The van der Waals surface area contributed by atoms with Crippen molar-refractivity contribution in [3.63, 3.8) is 0 Å². The molecule has 4 atom stereocenters. The van der Waals surface area contributed by atoms with Gasteiger partial charge in [0.15, 0.2) is 5.76 Å². The number of Topliss-reactive ketones (excluding diaryl/α,β-unsaturated/α-hetero) is 2. The monoisotopic (exact) mass is 433 g/mol. The quantitative estimate of drug-likeness (QED) is 0.530. The highest BCUT2D eigenvalue weighted by molar-refractivity contribution is 6.13. The summed E-state index contributed by atoms with van der Waals surface area (Å²) in [4.78, 5) is 39.0. The molecule has 2 N–H and O–H groups in total. The molecule has 0 aromatic heterocycles. The lowest BCUT2D eigenvalue weighted by Crippen LogP contribution is -2.51. The molecule has 1 aromatic carbocycles. The summed E-state index contributed by atoms with van der Waals surface area (Å²) in [5.74, 6) is -1.44. The van der Waals surface area contributed by atoms with Crippen LogP contribution in [0.5, 0.6) is 0 Å². The third kappa shape index (κ3) is 2.61. The van der Waals surface area contributed by atoms with Gasteiger partial charge in [0, 0.05) is 40.8 Å². The van der Waals surface area contributed by atoms with Crippen LogP contribution in [0.15, 0.2) is 64.6 Å². The molecule has 6 nitrogen and oxygen atoms in total. The van der Waals surface area contributed by atoms with Crippen molar-refractivity contribution >= 4 is 23.2 Å². The van der Waals surface area contributed by atoms with E-state index in [2.05, 4.69) is 5.32 Å². The fraction of sp³-hybridized carbons (Fsp3) is 0.423. The molecule has 1 saturated carbocycles.